The van der Waals surface area contributed by atoms with Crippen LogP contribution in [0.1, 0.15) is 42.5 Å². The Morgan fingerprint density at radius 3 is 2.31 bits per heavy atom. The molecule has 11 nitrogen and oxygen atoms in total. The third-order valence-electron chi connectivity index (χ3n) is 6.22. The summed E-state index contributed by atoms with van der Waals surface area (Å²) in [6.45, 7) is 0. The lowest BCUT2D eigenvalue weighted by molar-refractivity contribution is -0.384. The monoisotopic (exact) mass is 520 g/mol. The molecule has 0 aromatic heterocycles. The highest BCUT2D eigenvalue weighted by atomic mass is 35.5. The van der Waals surface area contributed by atoms with Crippen LogP contribution in [-0.2, 0) is 19.6 Å². The quantitative estimate of drug-likeness (QED) is 0.347. The van der Waals surface area contributed by atoms with Gasteiger partial charge >= 0.3 is 0 Å². The summed E-state index contributed by atoms with van der Waals surface area (Å²) in [6, 6.07) is 7.21. The molecule has 2 N–H and O–H groups in total. The minimum absolute atomic E-state index is 0.01000. The third-order valence-corrected chi connectivity index (χ3v) is 7.47. The van der Waals surface area contributed by atoms with Gasteiger partial charge in [0.25, 0.3) is 17.5 Å². The Morgan fingerprint density at radius 1 is 1.11 bits per heavy atom. The number of hydrogen-bond donors (Lipinski definition) is 1. The summed E-state index contributed by atoms with van der Waals surface area (Å²) in [7, 11) is -3.96. The van der Waals surface area contributed by atoms with E-state index in [9.17, 15) is 32.9 Å². The van der Waals surface area contributed by atoms with Crippen molar-refractivity contribution in [3.63, 3.8) is 0 Å². The van der Waals surface area contributed by atoms with Crippen molar-refractivity contribution in [1.82, 2.24) is 4.90 Å². The fourth-order valence-corrected chi connectivity index (χ4v) is 5.27. The fourth-order valence-electron chi connectivity index (χ4n) is 4.57. The van der Waals surface area contributed by atoms with Gasteiger partial charge in [-0.25, -0.2) is 18.5 Å². The van der Waals surface area contributed by atoms with Crippen LogP contribution in [0.2, 0.25) is 5.02 Å². The molecule has 1 saturated carbocycles. The molecule has 2 aromatic carbocycles. The molecule has 35 heavy (non-hydrogen) atoms. The summed E-state index contributed by atoms with van der Waals surface area (Å²) in [4.78, 5) is 52.5. The van der Waals surface area contributed by atoms with Crippen LogP contribution in [0.4, 0.5) is 11.4 Å². The van der Waals surface area contributed by atoms with Crippen molar-refractivity contribution in [2.24, 2.45) is 5.14 Å². The van der Waals surface area contributed by atoms with Gasteiger partial charge in [0.05, 0.1) is 21.9 Å². The van der Waals surface area contributed by atoms with Crippen molar-refractivity contribution < 1.29 is 27.7 Å². The van der Waals surface area contributed by atoms with E-state index in [0.29, 0.717) is 12.8 Å². The summed E-state index contributed by atoms with van der Waals surface area (Å²) in [5.41, 5.74) is -0.297. The fraction of sp³-hybridized carbons (Fsp3) is 0.318. The normalized spacial score (nSPS) is 18.8. The minimum Gasteiger partial charge on any atom is -0.323 e. The second-order valence-electron chi connectivity index (χ2n) is 8.40. The van der Waals surface area contributed by atoms with E-state index in [-0.39, 0.29) is 33.6 Å². The topological polar surface area (TPSA) is 161 Å². The van der Waals surface area contributed by atoms with Crippen molar-refractivity contribution in [3.05, 3.63) is 63.2 Å². The predicted octanol–water partition coefficient (Wildman–Crippen LogP) is 2.61. The first-order chi connectivity index (χ1) is 16.5. The molecular formula is C22H21ClN4O7S. The first-order valence-corrected chi connectivity index (χ1v) is 12.7. The van der Waals surface area contributed by atoms with Crippen LogP contribution in [0.15, 0.2) is 47.4 Å². The van der Waals surface area contributed by atoms with Gasteiger partial charge in [0.2, 0.25) is 15.9 Å². The van der Waals surface area contributed by atoms with Crippen molar-refractivity contribution in [2.75, 3.05) is 4.90 Å². The molecule has 2 fully saturated rings. The average molecular weight is 521 g/mol. The number of carbonyl (C=O) groups is 3. The van der Waals surface area contributed by atoms with Gasteiger partial charge in [-0.15, -0.1) is 0 Å². The van der Waals surface area contributed by atoms with Crippen LogP contribution < -0.4 is 10.0 Å². The first-order valence-electron chi connectivity index (χ1n) is 10.8. The van der Waals surface area contributed by atoms with Gasteiger partial charge in [-0.3, -0.25) is 24.5 Å². The van der Waals surface area contributed by atoms with E-state index in [0.717, 1.165) is 23.8 Å². The van der Waals surface area contributed by atoms with Gasteiger partial charge in [0.1, 0.15) is 11.1 Å². The standard InChI is InChI=1S/C22H21ClN4O7S/c23-17-10-5-13(11-18(17)27(31)32)21(29)25(14-3-1-2-4-14)19-12-20(28)26(22(19)30)15-6-8-16(9-7-15)35(24,33)34/h5-11,14,19H,1-4,12H2,(H2,24,33,34). The van der Waals surface area contributed by atoms with Gasteiger partial charge in [0, 0.05) is 17.7 Å². The number of hydrogen-bond acceptors (Lipinski definition) is 7. The van der Waals surface area contributed by atoms with Gasteiger partial charge in [-0.05, 0) is 49.2 Å². The summed E-state index contributed by atoms with van der Waals surface area (Å²) in [5, 5.41) is 16.3. The molecule has 1 unspecified atom stereocenters. The molecule has 1 heterocycles. The Hall–Kier alpha value is -3.35. The first kappa shape index (κ1) is 24.8. The maximum absolute atomic E-state index is 13.6. The molecule has 3 amide bonds. The molecule has 4 rings (SSSR count). The maximum Gasteiger partial charge on any atom is 0.288 e. The molecule has 184 valence electrons. The number of sulfonamides is 1. The van der Waals surface area contributed by atoms with Crippen molar-refractivity contribution in [3.8, 4) is 0 Å². The molecule has 2 aliphatic rings. The van der Waals surface area contributed by atoms with Crippen LogP contribution in [0.25, 0.3) is 0 Å². The average Bonchev–Trinajstić information content (AvgIpc) is 3.42. The number of nitrogens with two attached hydrogens (primary N) is 1. The number of nitro groups is 1. The van der Waals surface area contributed by atoms with Gasteiger partial charge in [-0.1, -0.05) is 24.4 Å². The zero-order valence-corrected chi connectivity index (χ0v) is 19.9. The second-order valence-corrected chi connectivity index (χ2v) is 10.4. The minimum atomic E-state index is -3.96. The van der Waals surface area contributed by atoms with Crippen LogP contribution >= 0.6 is 11.6 Å². The molecule has 2 aromatic rings. The molecule has 1 atom stereocenters. The Balaban J connectivity index is 1.68. The molecular weight excluding hydrogens is 500 g/mol. The van der Waals surface area contributed by atoms with E-state index < -0.39 is 44.4 Å². The number of halogens is 1. The molecule has 0 spiro atoms. The van der Waals surface area contributed by atoms with E-state index in [2.05, 4.69) is 0 Å². The molecule has 1 saturated heterocycles. The van der Waals surface area contributed by atoms with E-state index in [1.54, 1.807) is 0 Å². The smallest absolute Gasteiger partial charge is 0.288 e. The molecule has 0 bridgehead atoms. The summed E-state index contributed by atoms with van der Waals surface area (Å²) in [5.74, 6) is -1.79. The highest BCUT2D eigenvalue weighted by molar-refractivity contribution is 7.89. The lowest BCUT2D eigenvalue weighted by Gasteiger charge is -2.33. The van der Waals surface area contributed by atoms with E-state index >= 15 is 0 Å². The number of amides is 3. The number of primary sulfonamides is 1. The highest BCUT2D eigenvalue weighted by Gasteiger charge is 2.47. The lowest BCUT2D eigenvalue weighted by atomic mass is 10.1. The van der Waals surface area contributed by atoms with E-state index in [1.165, 1.54) is 41.3 Å². The van der Waals surface area contributed by atoms with Crippen molar-refractivity contribution >= 4 is 50.7 Å². The number of rotatable bonds is 6. The van der Waals surface area contributed by atoms with Crippen molar-refractivity contribution in [1.29, 1.82) is 0 Å². The van der Waals surface area contributed by atoms with Crippen LogP contribution in [0.5, 0.6) is 0 Å². The van der Waals surface area contributed by atoms with Crippen LogP contribution in [-0.4, -0.2) is 48.0 Å². The molecule has 13 heteroatoms. The summed E-state index contributed by atoms with van der Waals surface area (Å²) in [6.07, 6.45) is 2.66. The maximum atomic E-state index is 13.6. The summed E-state index contributed by atoms with van der Waals surface area (Å²) < 4.78 is 23.0. The highest BCUT2D eigenvalue weighted by Crippen LogP contribution is 2.34. The van der Waals surface area contributed by atoms with E-state index in [4.69, 9.17) is 16.7 Å². The largest absolute Gasteiger partial charge is 0.323 e. The Bertz CT molecular complexity index is 1320. The summed E-state index contributed by atoms with van der Waals surface area (Å²) >= 11 is 5.88. The second kappa shape index (κ2) is 9.36. The Labute approximate surface area is 205 Å². The number of benzene rings is 2. The molecule has 1 aliphatic carbocycles. The Morgan fingerprint density at radius 2 is 1.74 bits per heavy atom. The van der Waals surface area contributed by atoms with Crippen molar-refractivity contribution in [2.45, 2.75) is 49.1 Å². The predicted molar refractivity (Wildman–Crippen MR) is 125 cm³/mol. The van der Waals surface area contributed by atoms with Crippen LogP contribution in [0.3, 0.4) is 0 Å². The molecule has 1 aliphatic heterocycles. The van der Waals surface area contributed by atoms with Gasteiger partial charge in [0.15, 0.2) is 0 Å². The number of nitrogens with zero attached hydrogens (tertiary/aromatic N) is 3. The zero-order chi connectivity index (χ0) is 25.5. The van der Waals surface area contributed by atoms with E-state index in [1.807, 2.05) is 0 Å². The van der Waals surface area contributed by atoms with Gasteiger partial charge in [-0.2, -0.15) is 0 Å². The molecule has 0 radical (unpaired) electrons. The SMILES string of the molecule is NS(=O)(=O)c1ccc(N2C(=O)CC(N(C(=O)c3ccc(Cl)c([N+](=O)[O-])c3)C3CCCC3)C2=O)cc1. The lowest BCUT2D eigenvalue weighted by Crippen LogP contribution is -2.50. The number of carbonyl (C=O) groups excluding carboxylic acids is 3. The van der Waals surface area contributed by atoms with Gasteiger partial charge < -0.3 is 4.90 Å². The van der Waals surface area contributed by atoms with Crippen LogP contribution in [0, 0.1) is 10.1 Å². The zero-order valence-electron chi connectivity index (χ0n) is 18.3. The Kier molecular flexibility index (Phi) is 6.62. The number of imide groups is 1. The number of anilines is 1. The number of nitro benzene ring substituents is 1. The third kappa shape index (κ3) is 4.77.